The molecular weight excluding hydrogens is 460 g/mol. The number of ether oxygens (including phenoxy) is 1. The molecule has 7 nitrogen and oxygen atoms in total. The van der Waals surface area contributed by atoms with Gasteiger partial charge in [0.05, 0.1) is 23.4 Å². The van der Waals surface area contributed by atoms with Crippen molar-refractivity contribution in [3.05, 3.63) is 48.0 Å². The van der Waals surface area contributed by atoms with Crippen molar-refractivity contribution in [3.63, 3.8) is 0 Å². The number of methoxy groups -OCH3 is 1. The average molecular weight is 501 g/mol. The Morgan fingerprint density at radius 2 is 1.83 bits per heavy atom. The first-order chi connectivity index (χ1) is 17.0. The summed E-state index contributed by atoms with van der Waals surface area (Å²) in [5.74, 6) is 1.38. The summed E-state index contributed by atoms with van der Waals surface area (Å²) in [6, 6.07) is 13.1. The van der Waals surface area contributed by atoms with E-state index in [1.54, 1.807) is 19.2 Å². The van der Waals surface area contributed by atoms with Crippen LogP contribution in [0, 0.1) is 5.92 Å². The number of benzene rings is 2. The molecular formula is C27H40N4O3S. The van der Waals surface area contributed by atoms with Gasteiger partial charge in [-0.15, -0.1) is 0 Å². The predicted molar refractivity (Wildman–Crippen MR) is 143 cm³/mol. The van der Waals surface area contributed by atoms with Gasteiger partial charge in [0.1, 0.15) is 5.75 Å². The first-order valence-electron chi connectivity index (χ1n) is 12.9. The van der Waals surface area contributed by atoms with Gasteiger partial charge < -0.3 is 20.3 Å². The van der Waals surface area contributed by atoms with Gasteiger partial charge in [-0.3, -0.25) is 4.72 Å². The highest BCUT2D eigenvalue weighted by atomic mass is 32.2. The van der Waals surface area contributed by atoms with E-state index in [0.717, 1.165) is 43.3 Å². The van der Waals surface area contributed by atoms with Crippen LogP contribution >= 0.6 is 0 Å². The molecule has 3 N–H and O–H groups in total. The summed E-state index contributed by atoms with van der Waals surface area (Å²) in [4.78, 5) is 2.41. The molecule has 0 amide bonds. The SMILES string of the molecule is COc1cc(S(=O)(=O)Nc2ccccc2CNC(C)CC2CCCCC2)ccc1N1CCNCC1. The number of sulfonamides is 1. The quantitative estimate of drug-likeness (QED) is 0.450. The standard InChI is InChI=1S/C27H40N4O3S/c1-21(18-22-8-4-3-5-9-22)29-20-23-10-6-7-11-25(23)30-35(32,33)24-12-13-26(27(19-24)34-2)31-16-14-28-15-17-31/h6-7,10-13,19,21-22,28-30H,3-5,8-9,14-18,20H2,1-2H3. The fourth-order valence-corrected chi connectivity index (χ4v) is 6.38. The van der Waals surface area contributed by atoms with Crippen LogP contribution in [0.15, 0.2) is 47.4 Å². The molecule has 4 rings (SSSR count). The van der Waals surface area contributed by atoms with E-state index in [9.17, 15) is 8.42 Å². The summed E-state index contributed by atoms with van der Waals surface area (Å²) < 4.78 is 35.0. The molecule has 1 aliphatic heterocycles. The van der Waals surface area contributed by atoms with E-state index in [0.29, 0.717) is 24.0 Å². The highest BCUT2D eigenvalue weighted by molar-refractivity contribution is 7.92. The van der Waals surface area contributed by atoms with E-state index in [-0.39, 0.29) is 4.90 Å². The lowest BCUT2D eigenvalue weighted by Gasteiger charge is -2.30. The van der Waals surface area contributed by atoms with Crippen molar-refractivity contribution in [1.29, 1.82) is 0 Å². The normalized spacial score (nSPS) is 18.3. The van der Waals surface area contributed by atoms with E-state index in [4.69, 9.17) is 4.74 Å². The van der Waals surface area contributed by atoms with Crippen molar-refractivity contribution in [2.45, 2.75) is 62.9 Å². The lowest BCUT2D eigenvalue weighted by molar-refractivity contribution is 0.305. The summed E-state index contributed by atoms with van der Waals surface area (Å²) in [6.45, 7) is 6.37. The van der Waals surface area contributed by atoms with E-state index >= 15 is 0 Å². The number of hydrogen-bond donors (Lipinski definition) is 3. The fraction of sp³-hybridized carbons (Fsp3) is 0.556. The Labute approximate surface area is 210 Å². The third kappa shape index (κ3) is 6.90. The van der Waals surface area contributed by atoms with Crippen molar-refractivity contribution < 1.29 is 13.2 Å². The maximum atomic E-state index is 13.3. The summed E-state index contributed by atoms with van der Waals surface area (Å²) in [6.07, 6.45) is 7.91. The van der Waals surface area contributed by atoms with Gasteiger partial charge in [-0.2, -0.15) is 0 Å². The van der Waals surface area contributed by atoms with Gasteiger partial charge in [0, 0.05) is 44.8 Å². The van der Waals surface area contributed by atoms with Gasteiger partial charge in [0.2, 0.25) is 0 Å². The molecule has 2 aromatic rings. The topological polar surface area (TPSA) is 82.7 Å². The molecule has 0 radical (unpaired) electrons. The lowest BCUT2D eigenvalue weighted by atomic mass is 9.85. The Kier molecular flexibility index (Phi) is 8.92. The van der Waals surface area contributed by atoms with Crippen LogP contribution in [0.2, 0.25) is 0 Å². The van der Waals surface area contributed by atoms with Gasteiger partial charge in [-0.25, -0.2) is 8.42 Å². The zero-order chi connectivity index (χ0) is 24.7. The second-order valence-corrected chi connectivity index (χ2v) is 11.5. The summed E-state index contributed by atoms with van der Waals surface area (Å²) in [7, 11) is -2.18. The number of piperazine rings is 1. The van der Waals surface area contributed by atoms with Gasteiger partial charge in [0.25, 0.3) is 10.0 Å². The van der Waals surface area contributed by atoms with E-state index in [2.05, 4.69) is 27.2 Å². The number of hydrogen-bond acceptors (Lipinski definition) is 6. The first-order valence-corrected chi connectivity index (χ1v) is 14.4. The van der Waals surface area contributed by atoms with Crippen LogP contribution in [0.3, 0.4) is 0 Å². The molecule has 8 heteroatoms. The van der Waals surface area contributed by atoms with Gasteiger partial charge in [-0.05, 0) is 43.0 Å². The highest BCUT2D eigenvalue weighted by Crippen LogP contribution is 2.32. The van der Waals surface area contributed by atoms with Gasteiger partial charge in [-0.1, -0.05) is 50.3 Å². The lowest BCUT2D eigenvalue weighted by Crippen LogP contribution is -2.43. The third-order valence-electron chi connectivity index (χ3n) is 7.23. The molecule has 2 fully saturated rings. The monoisotopic (exact) mass is 500 g/mol. The Balaban J connectivity index is 1.43. The summed E-state index contributed by atoms with van der Waals surface area (Å²) >= 11 is 0. The average Bonchev–Trinajstić information content (AvgIpc) is 2.88. The molecule has 1 aliphatic carbocycles. The minimum absolute atomic E-state index is 0.196. The number of nitrogens with zero attached hydrogens (tertiary/aromatic N) is 1. The van der Waals surface area contributed by atoms with Crippen molar-refractivity contribution in [2.75, 3.05) is 42.9 Å². The van der Waals surface area contributed by atoms with Crippen LogP contribution in [0.25, 0.3) is 0 Å². The Hall–Kier alpha value is -2.29. The molecule has 35 heavy (non-hydrogen) atoms. The second kappa shape index (κ2) is 12.1. The summed E-state index contributed by atoms with van der Waals surface area (Å²) in [5, 5.41) is 6.94. The molecule has 1 heterocycles. The predicted octanol–water partition coefficient (Wildman–Crippen LogP) is 4.35. The zero-order valence-electron chi connectivity index (χ0n) is 21.1. The minimum Gasteiger partial charge on any atom is -0.495 e. The van der Waals surface area contributed by atoms with Crippen LogP contribution in [-0.4, -0.2) is 47.7 Å². The first kappa shape index (κ1) is 25.8. The number of para-hydroxylation sites is 1. The summed E-state index contributed by atoms with van der Waals surface area (Å²) in [5.41, 5.74) is 2.47. The number of anilines is 2. The zero-order valence-corrected chi connectivity index (χ0v) is 21.9. The van der Waals surface area contributed by atoms with E-state index in [1.165, 1.54) is 38.5 Å². The van der Waals surface area contributed by atoms with Crippen LogP contribution in [0.1, 0.15) is 51.0 Å². The third-order valence-corrected chi connectivity index (χ3v) is 8.60. The number of nitrogens with one attached hydrogen (secondary N) is 3. The van der Waals surface area contributed by atoms with Crippen molar-refractivity contribution in [1.82, 2.24) is 10.6 Å². The molecule has 0 bridgehead atoms. The Morgan fingerprint density at radius 1 is 1.09 bits per heavy atom. The van der Waals surface area contributed by atoms with Crippen molar-refractivity contribution >= 4 is 21.4 Å². The molecule has 1 unspecified atom stereocenters. The maximum Gasteiger partial charge on any atom is 0.262 e. The fourth-order valence-electron chi connectivity index (χ4n) is 5.26. The molecule has 192 valence electrons. The highest BCUT2D eigenvalue weighted by Gasteiger charge is 2.21. The Bertz CT molecular complexity index is 1060. The molecule has 1 atom stereocenters. The molecule has 2 aromatic carbocycles. The van der Waals surface area contributed by atoms with Crippen molar-refractivity contribution in [3.8, 4) is 5.75 Å². The minimum atomic E-state index is -3.77. The number of rotatable bonds is 10. The molecule has 0 spiro atoms. The smallest absolute Gasteiger partial charge is 0.262 e. The van der Waals surface area contributed by atoms with Gasteiger partial charge in [0.15, 0.2) is 0 Å². The molecule has 1 saturated carbocycles. The van der Waals surface area contributed by atoms with Crippen LogP contribution in [0.5, 0.6) is 5.75 Å². The Morgan fingerprint density at radius 3 is 2.57 bits per heavy atom. The van der Waals surface area contributed by atoms with Gasteiger partial charge >= 0.3 is 0 Å². The van der Waals surface area contributed by atoms with E-state index in [1.807, 2.05) is 30.3 Å². The maximum absolute atomic E-state index is 13.3. The van der Waals surface area contributed by atoms with Crippen LogP contribution < -0.4 is 25.0 Å². The largest absolute Gasteiger partial charge is 0.495 e. The van der Waals surface area contributed by atoms with Crippen LogP contribution in [-0.2, 0) is 16.6 Å². The van der Waals surface area contributed by atoms with Crippen LogP contribution in [0.4, 0.5) is 11.4 Å². The molecule has 2 aliphatic rings. The second-order valence-electron chi connectivity index (χ2n) is 9.86. The van der Waals surface area contributed by atoms with Crippen molar-refractivity contribution in [2.24, 2.45) is 5.92 Å². The molecule has 0 aromatic heterocycles. The molecule has 1 saturated heterocycles. The van der Waals surface area contributed by atoms with E-state index < -0.39 is 10.0 Å².